The number of benzene rings is 2. The molecule has 0 fully saturated rings. The summed E-state index contributed by atoms with van der Waals surface area (Å²) in [6, 6.07) is 14.3. The second-order valence-corrected chi connectivity index (χ2v) is 5.67. The number of aliphatic hydroxyl groups excluding tert-OH is 1. The number of nitrogens with one attached hydrogen (secondary N) is 1. The van der Waals surface area contributed by atoms with Crippen LogP contribution in [0.2, 0.25) is 0 Å². The molecule has 142 valence electrons. The van der Waals surface area contributed by atoms with Crippen molar-refractivity contribution in [3.05, 3.63) is 59.7 Å². The Balaban J connectivity index is 0.00000338. The van der Waals surface area contributed by atoms with Gasteiger partial charge >= 0.3 is 0 Å². The molecule has 0 spiro atoms. The third kappa shape index (κ3) is 7.31. The maximum Gasteiger partial charge on any atom is 0.248 e. The fourth-order valence-corrected chi connectivity index (χ4v) is 2.19. The molecule has 0 bridgehead atoms. The lowest BCUT2D eigenvalue weighted by molar-refractivity contribution is 0.1000. The molecular weight excluding hydrogens is 356 g/mol. The first kappa shape index (κ1) is 21.8. The molecule has 2 aromatic rings. The normalized spacial score (nSPS) is 11.3. The van der Waals surface area contributed by atoms with Crippen LogP contribution in [-0.2, 0) is 0 Å². The number of para-hydroxylation sites is 1. The summed E-state index contributed by atoms with van der Waals surface area (Å²) in [4.78, 5) is 11.0. The predicted octanol–water partition coefficient (Wildman–Crippen LogP) is 1.92. The van der Waals surface area contributed by atoms with Crippen molar-refractivity contribution in [1.29, 1.82) is 0 Å². The Hall–Kier alpha value is -2.28. The monoisotopic (exact) mass is 380 g/mol. The van der Waals surface area contributed by atoms with Gasteiger partial charge in [0.05, 0.1) is 0 Å². The highest BCUT2D eigenvalue weighted by atomic mass is 35.5. The molecule has 0 heterocycles. The summed E-state index contributed by atoms with van der Waals surface area (Å²) in [5, 5.41) is 13.0. The van der Waals surface area contributed by atoms with Crippen molar-refractivity contribution < 1.29 is 19.4 Å². The molecule has 1 atom stereocenters. The highest BCUT2D eigenvalue weighted by Crippen LogP contribution is 2.16. The molecule has 0 saturated carbocycles. The van der Waals surface area contributed by atoms with Gasteiger partial charge in [0.15, 0.2) is 0 Å². The highest BCUT2D eigenvalue weighted by molar-refractivity contribution is 5.92. The van der Waals surface area contributed by atoms with Crippen molar-refractivity contribution in [3.63, 3.8) is 0 Å². The summed E-state index contributed by atoms with van der Waals surface area (Å²) in [5.41, 5.74) is 6.66. The number of ether oxygens (including phenoxy) is 2. The van der Waals surface area contributed by atoms with Gasteiger partial charge in [-0.1, -0.05) is 18.2 Å². The zero-order valence-corrected chi connectivity index (χ0v) is 15.5. The van der Waals surface area contributed by atoms with Crippen LogP contribution in [0.15, 0.2) is 48.5 Å². The molecule has 0 aliphatic heterocycles. The van der Waals surface area contributed by atoms with E-state index in [2.05, 4.69) is 5.32 Å². The molecule has 0 aromatic heterocycles. The minimum absolute atomic E-state index is 0. The fraction of sp³-hybridized carbons (Fsp3) is 0.316. The zero-order valence-electron chi connectivity index (χ0n) is 14.7. The molecule has 0 saturated heterocycles. The number of carbonyl (C=O) groups excluding carboxylic acids is 1. The summed E-state index contributed by atoms with van der Waals surface area (Å²) in [5.74, 6) is 0.981. The van der Waals surface area contributed by atoms with Crippen LogP contribution in [0.1, 0.15) is 15.9 Å². The van der Waals surface area contributed by atoms with E-state index in [9.17, 15) is 9.90 Å². The first-order valence-electron chi connectivity index (χ1n) is 8.16. The number of aliphatic hydroxyl groups is 1. The maximum atomic E-state index is 11.0. The molecule has 7 heteroatoms. The third-order valence-electron chi connectivity index (χ3n) is 3.59. The number of nitrogens with two attached hydrogens (primary N) is 1. The summed E-state index contributed by atoms with van der Waals surface area (Å²) in [6.07, 6.45) is -0.602. The van der Waals surface area contributed by atoms with Gasteiger partial charge in [0, 0.05) is 18.7 Å². The summed E-state index contributed by atoms with van der Waals surface area (Å²) >= 11 is 0. The molecule has 0 radical (unpaired) electrons. The number of hydrogen-bond donors (Lipinski definition) is 3. The molecule has 26 heavy (non-hydrogen) atoms. The Morgan fingerprint density at radius 2 is 1.85 bits per heavy atom. The number of hydrogen-bond acceptors (Lipinski definition) is 5. The first-order chi connectivity index (χ1) is 12.1. The molecule has 2 rings (SSSR count). The summed E-state index contributed by atoms with van der Waals surface area (Å²) in [7, 11) is 0. The van der Waals surface area contributed by atoms with E-state index >= 15 is 0 Å². The van der Waals surface area contributed by atoms with Crippen LogP contribution in [-0.4, -0.2) is 43.4 Å². The van der Waals surface area contributed by atoms with Gasteiger partial charge in [0.25, 0.3) is 0 Å². The van der Waals surface area contributed by atoms with Crippen molar-refractivity contribution in [1.82, 2.24) is 5.32 Å². The second kappa shape index (κ2) is 11.4. The van der Waals surface area contributed by atoms with E-state index in [1.54, 1.807) is 24.3 Å². The van der Waals surface area contributed by atoms with E-state index < -0.39 is 12.0 Å². The highest BCUT2D eigenvalue weighted by Gasteiger charge is 2.06. The van der Waals surface area contributed by atoms with Gasteiger partial charge in [0.1, 0.15) is 30.8 Å². The average molecular weight is 381 g/mol. The van der Waals surface area contributed by atoms with Crippen LogP contribution in [0.3, 0.4) is 0 Å². The molecule has 1 amide bonds. The largest absolute Gasteiger partial charge is 0.492 e. The van der Waals surface area contributed by atoms with E-state index in [0.717, 1.165) is 11.3 Å². The van der Waals surface area contributed by atoms with Gasteiger partial charge in [-0.2, -0.15) is 0 Å². The number of aryl methyl sites for hydroxylation is 1. The van der Waals surface area contributed by atoms with Crippen molar-refractivity contribution >= 4 is 18.3 Å². The van der Waals surface area contributed by atoms with E-state index in [4.69, 9.17) is 15.2 Å². The van der Waals surface area contributed by atoms with Crippen LogP contribution in [0.4, 0.5) is 0 Å². The van der Waals surface area contributed by atoms with Crippen molar-refractivity contribution in [2.24, 2.45) is 5.73 Å². The van der Waals surface area contributed by atoms with Gasteiger partial charge in [-0.25, -0.2) is 0 Å². The van der Waals surface area contributed by atoms with Gasteiger partial charge < -0.3 is 25.6 Å². The number of carbonyl (C=O) groups is 1. The molecule has 0 aliphatic rings. The first-order valence-corrected chi connectivity index (χ1v) is 8.16. The number of primary amides is 1. The van der Waals surface area contributed by atoms with Crippen molar-refractivity contribution in [2.75, 3.05) is 26.3 Å². The third-order valence-corrected chi connectivity index (χ3v) is 3.59. The Morgan fingerprint density at radius 3 is 2.50 bits per heavy atom. The maximum absolute atomic E-state index is 11.0. The smallest absolute Gasteiger partial charge is 0.248 e. The van der Waals surface area contributed by atoms with Crippen LogP contribution < -0.4 is 20.5 Å². The van der Waals surface area contributed by atoms with Crippen LogP contribution in [0, 0.1) is 6.92 Å². The quantitative estimate of drug-likeness (QED) is 0.547. The van der Waals surface area contributed by atoms with Gasteiger partial charge in [-0.15, -0.1) is 12.4 Å². The SMILES string of the molecule is Cc1ccccc1OCC(O)CNCCOc1ccc(C(N)=O)cc1.Cl. The van der Waals surface area contributed by atoms with E-state index in [0.29, 0.717) is 31.0 Å². The van der Waals surface area contributed by atoms with Gasteiger partial charge in [-0.3, -0.25) is 4.79 Å². The van der Waals surface area contributed by atoms with Crippen LogP contribution in [0.5, 0.6) is 11.5 Å². The summed E-state index contributed by atoms with van der Waals surface area (Å²) in [6.45, 7) is 3.64. The Kier molecular flexibility index (Phi) is 9.51. The average Bonchev–Trinajstić information content (AvgIpc) is 2.61. The van der Waals surface area contributed by atoms with Crippen molar-refractivity contribution in [3.8, 4) is 11.5 Å². The van der Waals surface area contributed by atoms with E-state index in [-0.39, 0.29) is 19.0 Å². The minimum Gasteiger partial charge on any atom is -0.492 e. The Bertz CT molecular complexity index is 679. The van der Waals surface area contributed by atoms with Crippen LogP contribution in [0.25, 0.3) is 0 Å². The summed E-state index contributed by atoms with van der Waals surface area (Å²) < 4.78 is 11.1. The molecule has 4 N–H and O–H groups in total. The fourth-order valence-electron chi connectivity index (χ4n) is 2.19. The standard InChI is InChI=1S/C19H24N2O4.ClH/c1-14-4-2-3-5-18(14)25-13-16(22)12-21-10-11-24-17-8-6-15(7-9-17)19(20)23;/h2-9,16,21-22H,10-13H2,1H3,(H2,20,23);1H. The topological polar surface area (TPSA) is 93.8 Å². The second-order valence-electron chi connectivity index (χ2n) is 5.67. The Morgan fingerprint density at radius 1 is 1.15 bits per heavy atom. The van der Waals surface area contributed by atoms with E-state index in [1.807, 2.05) is 31.2 Å². The zero-order chi connectivity index (χ0) is 18.1. The number of rotatable bonds is 10. The lowest BCUT2D eigenvalue weighted by atomic mass is 10.2. The Labute approximate surface area is 159 Å². The molecule has 1 unspecified atom stereocenters. The lowest BCUT2D eigenvalue weighted by Gasteiger charge is -2.14. The van der Waals surface area contributed by atoms with Crippen molar-refractivity contribution in [2.45, 2.75) is 13.0 Å². The number of amides is 1. The minimum atomic E-state index is -0.602. The lowest BCUT2D eigenvalue weighted by Crippen LogP contribution is -2.33. The van der Waals surface area contributed by atoms with E-state index in [1.165, 1.54) is 0 Å². The predicted molar refractivity (Wildman–Crippen MR) is 103 cm³/mol. The van der Waals surface area contributed by atoms with Gasteiger partial charge in [0.2, 0.25) is 5.91 Å². The van der Waals surface area contributed by atoms with Crippen LogP contribution >= 0.6 is 12.4 Å². The molecular formula is C19H25ClN2O4. The molecule has 2 aromatic carbocycles. The molecule has 0 aliphatic carbocycles. The molecule has 6 nitrogen and oxygen atoms in total. The van der Waals surface area contributed by atoms with Gasteiger partial charge in [-0.05, 0) is 42.8 Å². The number of halogens is 1.